The topological polar surface area (TPSA) is 54.9 Å². The zero-order chi connectivity index (χ0) is 14.9. The molecule has 1 aliphatic carbocycles. The lowest BCUT2D eigenvalue weighted by molar-refractivity contribution is -0.124. The first kappa shape index (κ1) is 13.6. The molecule has 0 spiro atoms. The van der Waals surface area contributed by atoms with Crippen LogP contribution in [0.15, 0.2) is 36.8 Å². The zero-order valence-electron chi connectivity index (χ0n) is 11.1. The highest BCUT2D eigenvalue weighted by atomic mass is 19.1. The zero-order valence-corrected chi connectivity index (χ0v) is 11.1. The third-order valence-corrected chi connectivity index (χ3v) is 3.89. The van der Waals surface area contributed by atoms with Crippen molar-refractivity contribution in [3.05, 3.63) is 54.0 Å². The van der Waals surface area contributed by atoms with Crippen molar-refractivity contribution in [3.8, 4) is 0 Å². The quantitative estimate of drug-likeness (QED) is 0.945. The highest BCUT2D eigenvalue weighted by Gasteiger charge is 2.47. The van der Waals surface area contributed by atoms with E-state index in [9.17, 15) is 13.6 Å². The number of carbonyl (C=O) groups is 1. The maximum absolute atomic E-state index is 14.0. The predicted molar refractivity (Wildman–Crippen MR) is 72.5 cm³/mol. The van der Waals surface area contributed by atoms with E-state index < -0.39 is 17.0 Å². The van der Waals surface area contributed by atoms with Crippen LogP contribution in [0.4, 0.5) is 14.6 Å². The Morgan fingerprint density at radius 2 is 2.05 bits per heavy atom. The van der Waals surface area contributed by atoms with Gasteiger partial charge in [-0.25, -0.2) is 13.8 Å². The van der Waals surface area contributed by atoms with Gasteiger partial charge in [0, 0.05) is 24.0 Å². The molecule has 0 unspecified atom stereocenters. The van der Waals surface area contributed by atoms with E-state index in [2.05, 4.69) is 15.3 Å². The molecule has 1 N–H and O–H groups in total. The third-order valence-electron chi connectivity index (χ3n) is 3.89. The van der Waals surface area contributed by atoms with E-state index in [-0.39, 0.29) is 11.5 Å². The summed E-state index contributed by atoms with van der Waals surface area (Å²) in [7, 11) is 0. The minimum atomic E-state index is -0.949. The fourth-order valence-electron chi connectivity index (χ4n) is 2.63. The molecular formula is C15H13F2N3O. The molecule has 4 nitrogen and oxygen atoms in total. The van der Waals surface area contributed by atoms with Crippen LogP contribution in [0, 0.1) is 11.6 Å². The van der Waals surface area contributed by atoms with E-state index in [1.807, 2.05) is 0 Å². The number of benzene rings is 1. The van der Waals surface area contributed by atoms with E-state index in [1.54, 1.807) is 0 Å². The summed E-state index contributed by atoms with van der Waals surface area (Å²) in [5.41, 5.74) is -0.716. The Morgan fingerprint density at radius 3 is 2.62 bits per heavy atom. The number of rotatable bonds is 3. The van der Waals surface area contributed by atoms with Crippen molar-refractivity contribution in [2.45, 2.75) is 24.7 Å². The Bertz CT molecular complexity index is 672. The smallest absolute Gasteiger partial charge is 0.236 e. The van der Waals surface area contributed by atoms with Crippen LogP contribution in [0.1, 0.15) is 24.8 Å². The Hall–Kier alpha value is -2.37. The SMILES string of the molecule is O=C(Nc1cnccn1)C1(c2ccc(F)cc2F)CCC1. The maximum atomic E-state index is 14.0. The number of hydrogen-bond donors (Lipinski definition) is 1. The van der Waals surface area contributed by atoms with Gasteiger partial charge in [-0.3, -0.25) is 9.78 Å². The number of halogens is 2. The minimum Gasteiger partial charge on any atom is -0.309 e. The Morgan fingerprint density at radius 1 is 1.24 bits per heavy atom. The van der Waals surface area contributed by atoms with Gasteiger partial charge in [0.25, 0.3) is 0 Å². The van der Waals surface area contributed by atoms with Crippen LogP contribution in [-0.2, 0) is 10.2 Å². The Balaban J connectivity index is 1.91. The summed E-state index contributed by atoms with van der Waals surface area (Å²) in [5.74, 6) is -1.36. The van der Waals surface area contributed by atoms with Gasteiger partial charge in [0.15, 0.2) is 5.82 Å². The molecule has 0 radical (unpaired) electrons. The number of amides is 1. The lowest BCUT2D eigenvalue weighted by Gasteiger charge is -2.40. The number of aromatic nitrogens is 2. The summed E-state index contributed by atoms with van der Waals surface area (Å²) in [4.78, 5) is 20.4. The van der Waals surface area contributed by atoms with Crippen molar-refractivity contribution in [2.24, 2.45) is 0 Å². The molecule has 6 heteroatoms. The second-order valence-corrected chi connectivity index (χ2v) is 5.10. The molecular weight excluding hydrogens is 276 g/mol. The monoisotopic (exact) mass is 289 g/mol. The Kier molecular flexibility index (Phi) is 3.37. The average Bonchev–Trinajstić information content (AvgIpc) is 2.41. The fourth-order valence-corrected chi connectivity index (χ4v) is 2.63. The molecule has 21 heavy (non-hydrogen) atoms. The highest BCUT2D eigenvalue weighted by Crippen LogP contribution is 2.45. The van der Waals surface area contributed by atoms with Crippen molar-refractivity contribution >= 4 is 11.7 Å². The number of nitrogens with zero attached hydrogens (tertiary/aromatic N) is 2. The van der Waals surface area contributed by atoms with Gasteiger partial charge in [-0.15, -0.1) is 0 Å². The minimum absolute atomic E-state index is 0.233. The van der Waals surface area contributed by atoms with Gasteiger partial charge in [0.1, 0.15) is 11.6 Å². The fraction of sp³-hybridized carbons (Fsp3) is 0.267. The molecule has 0 atom stereocenters. The molecule has 3 rings (SSSR count). The molecule has 1 fully saturated rings. The predicted octanol–water partition coefficient (Wildman–Crippen LogP) is 2.82. The van der Waals surface area contributed by atoms with Crippen molar-refractivity contribution in [1.29, 1.82) is 0 Å². The van der Waals surface area contributed by atoms with E-state index in [4.69, 9.17) is 0 Å². The molecule has 108 valence electrons. The van der Waals surface area contributed by atoms with Crippen molar-refractivity contribution in [1.82, 2.24) is 9.97 Å². The second kappa shape index (κ2) is 5.20. The first-order valence-corrected chi connectivity index (χ1v) is 6.65. The van der Waals surface area contributed by atoms with Gasteiger partial charge in [-0.2, -0.15) is 0 Å². The van der Waals surface area contributed by atoms with Crippen molar-refractivity contribution in [3.63, 3.8) is 0 Å². The molecule has 1 heterocycles. The van der Waals surface area contributed by atoms with Gasteiger partial charge in [0.2, 0.25) is 5.91 Å². The lowest BCUT2D eigenvalue weighted by Crippen LogP contribution is -2.46. The summed E-state index contributed by atoms with van der Waals surface area (Å²) < 4.78 is 27.1. The molecule has 1 aliphatic rings. The third kappa shape index (κ3) is 2.37. The van der Waals surface area contributed by atoms with Gasteiger partial charge in [-0.05, 0) is 18.9 Å². The van der Waals surface area contributed by atoms with E-state index in [0.29, 0.717) is 18.7 Å². The summed E-state index contributed by atoms with van der Waals surface area (Å²) in [6, 6.07) is 3.33. The normalized spacial score (nSPS) is 16.1. The van der Waals surface area contributed by atoms with Crippen LogP contribution >= 0.6 is 0 Å². The standard InChI is InChI=1S/C15H13F2N3O/c16-10-2-3-11(12(17)8-10)15(4-1-5-15)14(21)20-13-9-18-6-7-19-13/h2-3,6-9H,1,4-5H2,(H,19,20,21). The van der Waals surface area contributed by atoms with E-state index >= 15 is 0 Å². The van der Waals surface area contributed by atoms with Crippen LogP contribution in [-0.4, -0.2) is 15.9 Å². The first-order chi connectivity index (χ1) is 10.1. The van der Waals surface area contributed by atoms with Crippen LogP contribution in [0.2, 0.25) is 0 Å². The number of anilines is 1. The van der Waals surface area contributed by atoms with Crippen molar-refractivity contribution < 1.29 is 13.6 Å². The number of nitrogens with one attached hydrogen (secondary N) is 1. The molecule has 1 saturated carbocycles. The molecule has 1 aromatic heterocycles. The highest BCUT2D eigenvalue weighted by molar-refractivity contribution is 5.99. The molecule has 0 saturated heterocycles. The maximum Gasteiger partial charge on any atom is 0.236 e. The summed E-state index contributed by atoms with van der Waals surface area (Å²) in [6.07, 6.45) is 6.26. The largest absolute Gasteiger partial charge is 0.309 e. The average molecular weight is 289 g/mol. The second-order valence-electron chi connectivity index (χ2n) is 5.10. The molecule has 1 amide bonds. The van der Waals surface area contributed by atoms with Gasteiger partial charge >= 0.3 is 0 Å². The van der Waals surface area contributed by atoms with Crippen LogP contribution in [0.3, 0.4) is 0 Å². The van der Waals surface area contributed by atoms with Gasteiger partial charge in [0.05, 0.1) is 11.6 Å². The molecule has 0 aliphatic heterocycles. The van der Waals surface area contributed by atoms with Crippen LogP contribution in [0.25, 0.3) is 0 Å². The van der Waals surface area contributed by atoms with E-state index in [0.717, 1.165) is 12.5 Å². The van der Waals surface area contributed by atoms with Gasteiger partial charge < -0.3 is 5.32 Å². The number of carbonyl (C=O) groups excluding carboxylic acids is 1. The van der Waals surface area contributed by atoms with Crippen molar-refractivity contribution in [2.75, 3.05) is 5.32 Å². The molecule has 1 aromatic carbocycles. The number of hydrogen-bond acceptors (Lipinski definition) is 3. The van der Waals surface area contributed by atoms with E-state index in [1.165, 1.54) is 30.7 Å². The summed E-state index contributed by atoms with van der Waals surface area (Å²) in [6.45, 7) is 0. The lowest BCUT2D eigenvalue weighted by atomic mass is 9.63. The summed E-state index contributed by atoms with van der Waals surface area (Å²) >= 11 is 0. The van der Waals surface area contributed by atoms with Crippen LogP contribution in [0.5, 0.6) is 0 Å². The first-order valence-electron chi connectivity index (χ1n) is 6.65. The van der Waals surface area contributed by atoms with Crippen LogP contribution < -0.4 is 5.32 Å². The molecule has 0 bridgehead atoms. The summed E-state index contributed by atoms with van der Waals surface area (Å²) in [5, 5.41) is 2.65. The van der Waals surface area contributed by atoms with Gasteiger partial charge in [-0.1, -0.05) is 12.5 Å². The molecule has 2 aromatic rings. The Labute approximate surface area is 120 Å².